The molecule has 0 saturated heterocycles. The van der Waals surface area contributed by atoms with Gasteiger partial charge in [0.05, 0.1) is 11.4 Å². The van der Waals surface area contributed by atoms with Crippen LogP contribution in [0.15, 0.2) is 71.6 Å². The van der Waals surface area contributed by atoms with Gasteiger partial charge in [0.15, 0.2) is 17.6 Å². The highest BCUT2D eigenvalue weighted by Crippen LogP contribution is 2.31. The molecule has 0 radical (unpaired) electrons. The lowest BCUT2D eigenvalue weighted by Crippen LogP contribution is -2.41. The molecule has 1 aliphatic rings. The summed E-state index contributed by atoms with van der Waals surface area (Å²) in [5.41, 5.74) is 2.75. The quantitative estimate of drug-likeness (QED) is 0.593. The van der Waals surface area contributed by atoms with Gasteiger partial charge >= 0.3 is 0 Å². The van der Waals surface area contributed by atoms with Crippen molar-refractivity contribution in [2.75, 3.05) is 24.9 Å². The Kier molecular flexibility index (Phi) is 6.29. The molecule has 0 spiro atoms. The summed E-state index contributed by atoms with van der Waals surface area (Å²) in [4.78, 5) is 14.6. The van der Waals surface area contributed by atoms with Gasteiger partial charge in [-0.15, -0.1) is 0 Å². The molecule has 1 heterocycles. The molecule has 1 N–H and O–H groups in total. The summed E-state index contributed by atoms with van der Waals surface area (Å²) < 4.78 is 39.6. The first-order chi connectivity index (χ1) is 15.7. The minimum absolute atomic E-state index is 0.193. The highest BCUT2D eigenvalue weighted by molar-refractivity contribution is 7.92. The van der Waals surface area contributed by atoms with E-state index in [1.807, 2.05) is 38.1 Å². The van der Waals surface area contributed by atoms with E-state index in [1.165, 1.54) is 0 Å². The molecule has 1 amide bonds. The molecule has 33 heavy (non-hydrogen) atoms. The highest BCUT2D eigenvalue weighted by atomic mass is 32.2. The van der Waals surface area contributed by atoms with Crippen molar-refractivity contribution in [2.45, 2.75) is 24.8 Å². The minimum atomic E-state index is -3.72. The lowest BCUT2D eigenvalue weighted by molar-refractivity contribution is 0.0521. The van der Waals surface area contributed by atoms with Crippen LogP contribution in [0.3, 0.4) is 0 Å². The Balaban J connectivity index is 1.39. The summed E-state index contributed by atoms with van der Waals surface area (Å²) in [5, 5.41) is 0. The highest BCUT2D eigenvalue weighted by Gasteiger charge is 2.24. The Morgan fingerprint density at radius 3 is 2.39 bits per heavy atom. The molecule has 0 aromatic heterocycles. The van der Waals surface area contributed by atoms with E-state index >= 15 is 0 Å². The summed E-state index contributed by atoms with van der Waals surface area (Å²) in [6, 6.07) is 18.8. The number of sulfonamides is 1. The first-order valence-corrected chi connectivity index (χ1v) is 12.1. The summed E-state index contributed by atoms with van der Waals surface area (Å²) in [7, 11) is -2.02. The van der Waals surface area contributed by atoms with Crippen LogP contribution in [0.25, 0.3) is 0 Å². The Labute approximate surface area is 194 Å². The number of fused-ring (bicyclic) bond motifs is 1. The number of hydrogen-bond acceptors (Lipinski definition) is 5. The fraction of sp³-hybridized carbons (Fsp3) is 0.240. The van der Waals surface area contributed by atoms with Crippen molar-refractivity contribution in [1.29, 1.82) is 0 Å². The third-order valence-corrected chi connectivity index (χ3v) is 6.94. The van der Waals surface area contributed by atoms with Gasteiger partial charge in [-0.25, -0.2) is 8.42 Å². The number of rotatable bonds is 6. The molecule has 0 bridgehead atoms. The van der Waals surface area contributed by atoms with Crippen molar-refractivity contribution in [3.8, 4) is 11.5 Å². The Morgan fingerprint density at radius 2 is 1.70 bits per heavy atom. The summed E-state index contributed by atoms with van der Waals surface area (Å²) >= 11 is 0. The zero-order valence-corrected chi connectivity index (χ0v) is 19.6. The number of anilines is 1. The van der Waals surface area contributed by atoms with Crippen LogP contribution in [-0.2, 0) is 10.0 Å². The van der Waals surface area contributed by atoms with Gasteiger partial charge in [0.1, 0.15) is 6.61 Å². The number of carbonyl (C=O) groups is 1. The van der Waals surface area contributed by atoms with Crippen LogP contribution in [-0.4, -0.2) is 45.5 Å². The Morgan fingerprint density at radius 1 is 1.00 bits per heavy atom. The molecule has 0 aliphatic carbocycles. The molecular weight excluding hydrogens is 440 g/mol. The molecule has 1 atom stereocenters. The number of nitrogens with one attached hydrogen (secondary N) is 1. The molecule has 3 aromatic rings. The van der Waals surface area contributed by atoms with Crippen molar-refractivity contribution in [1.82, 2.24) is 4.90 Å². The summed E-state index contributed by atoms with van der Waals surface area (Å²) in [6.07, 6.45) is -0.280. The zero-order chi connectivity index (χ0) is 23.6. The van der Waals surface area contributed by atoms with Crippen LogP contribution in [0.1, 0.15) is 21.5 Å². The molecule has 7 nitrogen and oxygen atoms in total. The van der Waals surface area contributed by atoms with Gasteiger partial charge in [0.25, 0.3) is 15.9 Å². The smallest absolute Gasteiger partial charge is 0.261 e. The normalized spacial score (nSPS) is 15.1. The number of hydrogen-bond donors (Lipinski definition) is 1. The van der Waals surface area contributed by atoms with Gasteiger partial charge in [-0.2, -0.15) is 0 Å². The van der Waals surface area contributed by atoms with E-state index in [-0.39, 0.29) is 16.9 Å². The summed E-state index contributed by atoms with van der Waals surface area (Å²) in [6.45, 7) is 4.51. The maximum Gasteiger partial charge on any atom is 0.261 e. The zero-order valence-electron chi connectivity index (χ0n) is 18.7. The second-order valence-corrected chi connectivity index (χ2v) is 9.79. The standard InChI is InChI=1S/C25H26N2O5S/c1-17-8-13-22(14-18(17)2)33(29,30)26-20-11-9-19(10-12-20)25(28)27(3)15-21-16-31-23-6-4-5-7-24(23)32-21/h4-14,21,26H,15-16H2,1-3H3/t21-/m0/s1. The van der Waals surface area contributed by atoms with Gasteiger partial charge < -0.3 is 14.4 Å². The van der Waals surface area contributed by atoms with Crippen molar-refractivity contribution < 1.29 is 22.7 Å². The van der Waals surface area contributed by atoms with E-state index in [0.717, 1.165) is 11.1 Å². The molecule has 172 valence electrons. The van der Waals surface area contributed by atoms with Gasteiger partial charge in [-0.1, -0.05) is 18.2 Å². The van der Waals surface area contributed by atoms with E-state index in [4.69, 9.17) is 9.47 Å². The molecule has 0 fully saturated rings. The van der Waals surface area contributed by atoms with Crippen LogP contribution < -0.4 is 14.2 Å². The predicted octanol–water partition coefficient (Wildman–Crippen LogP) is 4.02. The van der Waals surface area contributed by atoms with E-state index in [2.05, 4.69) is 4.72 Å². The van der Waals surface area contributed by atoms with E-state index in [9.17, 15) is 13.2 Å². The average molecular weight is 467 g/mol. The second-order valence-electron chi connectivity index (χ2n) is 8.11. The third-order valence-electron chi connectivity index (χ3n) is 5.56. The van der Waals surface area contributed by atoms with Crippen molar-refractivity contribution in [3.63, 3.8) is 0 Å². The van der Waals surface area contributed by atoms with Crippen molar-refractivity contribution >= 4 is 21.6 Å². The minimum Gasteiger partial charge on any atom is -0.486 e. The van der Waals surface area contributed by atoms with Gasteiger partial charge in [-0.3, -0.25) is 9.52 Å². The molecule has 0 saturated carbocycles. The van der Waals surface area contributed by atoms with Crippen LogP contribution >= 0.6 is 0 Å². The van der Waals surface area contributed by atoms with Crippen LogP contribution in [0.5, 0.6) is 11.5 Å². The fourth-order valence-corrected chi connectivity index (χ4v) is 4.68. The number of amides is 1. The lowest BCUT2D eigenvalue weighted by Gasteiger charge is -2.29. The maximum absolute atomic E-state index is 12.8. The van der Waals surface area contributed by atoms with E-state index < -0.39 is 10.0 Å². The third kappa shape index (κ3) is 5.12. The Hall–Kier alpha value is -3.52. The number of nitrogens with zero attached hydrogens (tertiary/aromatic N) is 1. The first kappa shape index (κ1) is 22.7. The van der Waals surface area contributed by atoms with E-state index in [0.29, 0.717) is 35.9 Å². The summed E-state index contributed by atoms with van der Waals surface area (Å²) in [5.74, 6) is 1.16. The molecule has 8 heteroatoms. The number of carbonyl (C=O) groups excluding carboxylic acids is 1. The predicted molar refractivity (Wildman–Crippen MR) is 126 cm³/mol. The number of aryl methyl sites for hydroxylation is 2. The fourth-order valence-electron chi connectivity index (χ4n) is 3.54. The molecule has 4 rings (SSSR count). The van der Waals surface area contributed by atoms with Crippen LogP contribution in [0.2, 0.25) is 0 Å². The second kappa shape index (κ2) is 9.15. The average Bonchev–Trinajstić information content (AvgIpc) is 2.80. The topological polar surface area (TPSA) is 84.9 Å². The molecular formula is C25H26N2O5S. The van der Waals surface area contributed by atoms with Crippen molar-refractivity contribution in [3.05, 3.63) is 83.4 Å². The van der Waals surface area contributed by atoms with Crippen molar-refractivity contribution in [2.24, 2.45) is 0 Å². The SMILES string of the molecule is Cc1ccc(S(=O)(=O)Nc2ccc(C(=O)N(C)C[C@H]3COc4ccccc4O3)cc2)cc1C. The van der Waals surface area contributed by atoms with Gasteiger partial charge in [0.2, 0.25) is 0 Å². The molecule has 0 unspecified atom stereocenters. The Bertz CT molecular complexity index is 1270. The number of likely N-dealkylation sites (N-methyl/N-ethyl adjacent to an activating group) is 1. The number of para-hydroxylation sites is 2. The van der Waals surface area contributed by atoms with Gasteiger partial charge in [-0.05, 0) is 73.5 Å². The molecule has 1 aliphatic heterocycles. The van der Waals surface area contributed by atoms with Crippen LogP contribution in [0.4, 0.5) is 5.69 Å². The molecule has 3 aromatic carbocycles. The van der Waals surface area contributed by atoms with E-state index in [1.54, 1.807) is 54.4 Å². The first-order valence-electron chi connectivity index (χ1n) is 10.6. The maximum atomic E-state index is 12.8. The number of benzene rings is 3. The largest absolute Gasteiger partial charge is 0.486 e. The van der Waals surface area contributed by atoms with Crippen LogP contribution in [0, 0.1) is 13.8 Å². The van der Waals surface area contributed by atoms with Gasteiger partial charge in [0, 0.05) is 18.3 Å². The lowest BCUT2D eigenvalue weighted by atomic mass is 10.1. The monoisotopic (exact) mass is 466 g/mol. The number of ether oxygens (including phenoxy) is 2.